The van der Waals surface area contributed by atoms with Crippen molar-refractivity contribution in [2.45, 2.75) is 103 Å². The smallest absolute Gasteiger partial charge is 0.132 e. The zero-order valence-corrected chi connectivity index (χ0v) is 34.9. The highest BCUT2D eigenvalue weighted by molar-refractivity contribution is 6.14. The number of fused-ring (bicyclic) bond motifs is 2. The number of hydrogen-bond donors (Lipinski definition) is 4. The van der Waals surface area contributed by atoms with Crippen LogP contribution in [0.4, 0.5) is 0 Å². The highest BCUT2D eigenvalue weighted by Gasteiger charge is 2.27. The van der Waals surface area contributed by atoms with Crippen LogP contribution < -0.4 is 0 Å². The summed E-state index contributed by atoms with van der Waals surface area (Å²) in [6.07, 6.45) is 14.8. The standard InChI is InChI=1S/C52H54N4O4/c1-31-21-33(3)49(57)37(23-31)27-53-43-17-9-11-19-45(43)55-29-39-25-35-13-5-7-15-41(35)47(51(39)59)48-42-16-8-6-14-36(42)26-40(52(48)60)30-56-46-20-12-10-18-44(46)54-28-38-24-32(2)22-34(4)50(38)58/h5-8,13-16,21-30,43-46,57-60H,9-12,17-20H2,1-4H3. The molecule has 0 bridgehead atoms. The molecule has 0 aromatic heterocycles. The van der Waals surface area contributed by atoms with Gasteiger partial charge in [0.05, 0.1) is 24.2 Å². The van der Waals surface area contributed by atoms with Crippen LogP contribution in [0.2, 0.25) is 0 Å². The van der Waals surface area contributed by atoms with Gasteiger partial charge in [0.15, 0.2) is 0 Å². The first kappa shape index (κ1) is 40.5. The van der Waals surface area contributed by atoms with Crippen LogP contribution in [-0.4, -0.2) is 69.5 Å². The molecule has 8 nitrogen and oxygen atoms in total. The van der Waals surface area contributed by atoms with Crippen LogP contribution in [0.25, 0.3) is 32.7 Å². The van der Waals surface area contributed by atoms with E-state index in [0.717, 1.165) is 95.2 Å². The Kier molecular flexibility index (Phi) is 11.8. The summed E-state index contributed by atoms with van der Waals surface area (Å²) in [5.41, 5.74) is 7.39. The summed E-state index contributed by atoms with van der Waals surface area (Å²) in [5.74, 6) is 0.579. The third-order valence-electron chi connectivity index (χ3n) is 12.3. The lowest BCUT2D eigenvalue weighted by Crippen LogP contribution is -2.27. The van der Waals surface area contributed by atoms with Gasteiger partial charge >= 0.3 is 0 Å². The van der Waals surface area contributed by atoms with Crippen molar-refractivity contribution in [3.05, 3.63) is 129 Å². The van der Waals surface area contributed by atoms with Crippen molar-refractivity contribution in [3.8, 4) is 34.1 Å². The maximum atomic E-state index is 12.3. The Morgan fingerprint density at radius 2 is 0.733 bits per heavy atom. The zero-order valence-electron chi connectivity index (χ0n) is 34.9. The Bertz CT molecular complexity index is 2510. The number of aliphatic imine (C=N–C) groups is 4. The summed E-state index contributed by atoms with van der Waals surface area (Å²) in [5, 5.41) is 49.4. The van der Waals surface area contributed by atoms with Crippen molar-refractivity contribution in [1.82, 2.24) is 0 Å². The maximum absolute atomic E-state index is 12.3. The highest BCUT2D eigenvalue weighted by Crippen LogP contribution is 2.47. The number of nitrogens with zero attached hydrogens (tertiary/aromatic N) is 4. The first-order valence-corrected chi connectivity index (χ1v) is 21.3. The van der Waals surface area contributed by atoms with Gasteiger partial charge in [-0.3, -0.25) is 20.0 Å². The average Bonchev–Trinajstić information content (AvgIpc) is 3.24. The molecule has 4 unspecified atom stereocenters. The highest BCUT2D eigenvalue weighted by atomic mass is 16.3. The molecule has 0 spiro atoms. The molecule has 306 valence electrons. The molecule has 2 aliphatic carbocycles. The normalized spacial score (nSPS) is 20.1. The largest absolute Gasteiger partial charge is 0.507 e. The summed E-state index contributed by atoms with van der Waals surface area (Å²) in [6.45, 7) is 7.82. The third kappa shape index (κ3) is 8.42. The molecule has 8 heteroatoms. The van der Waals surface area contributed by atoms with Crippen molar-refractivity contribution in [1.29, 1.82) is 0 Å². The van der Waals surface area contributed by atoms with Crippen molar-refractivity contribution in [2.24, 2.45) is 20.0 Å². The number of phenolic OH excluding ortho intramolecular Hbond substituents is 4. The molecule has 2 saturated carbocycles. The topological polar surface area (TPSA) is 130 Å². The molecular weight excluding hydrogens is 745 g/mol. The van der Waals surface area contributed by atoms with Gasteiger partial charge in [-0.25, -0.2) is 0 Å². The molecule has 0 saturated heterocycles. The minimum atomic E-state index is -0.0919. The minimum Gasteiger partial charge on any atom is -0.507 e. The van der Waals surface area contributed by atoms with E-state index in [1.165, 1.54) is 0 Å². The van der Waals surface area contributed by atoms with Crippen LogP contribution in [0.15, 0.2) is 105 Å². The molecule has 0 aliphatic heterocycles. The van der Waals surface area contributed by atoms with E-state index in [4.69, 9.17) is 20.0 Å². The van der Waals surface area contributed by atoms with Crippen molar-refractivity contribution >= 4 is 46.4 Å². The van der Waals surface area contributed by atoms with Gasteiger partial charge in [0, 0.05) is 58.2 Å². The van der Waals surface area contributed by atoms with E-state index in [1.54, 1.807) is 24.9 Å². The van der Waals surface area contributed by atoms with Crippen LogP contribution in [0, 0.1) is 27.7 Å². The Balaban J connectivity index is 1.16. The van der Waals surface area contributed by atoms with Gasteiger partial charge in [-0.15, -0.1) is 0 Å². The predicted octanol–water partition coefficient (Wildman–Crippen LogP) is 11.4. The molecule has 8 rings (SSSR count). The van der Waals surface area contributed by atoms with Gasteiger partial charge in [0.1, 0.15) is 23.0 Å². The molecule has 6 aromatic rings. The fraction of sp³-hybridized carbons (Fsp3) is 0.308. The number of aromatic hydroxyl groups is 4. The molecule has 4 N–H and O–H groups in total. The summed E-state index contributed by atoms with van der Waals surface area (Å²) in [4.78, 5) is 20.0. The number of benzene rings is 6. The Hall–Kier alpha value is -6.28. The lowest BCUT2D eigenvalue weighted by atomic mass is 9.88. The number of hydrogen-bond acceptors (Lipinski definition) is 8. The molecule has 0 amide bonds. The molecule has 0 heterocycles. The fourth-order valence-corrected chi connectivity index (χ4v) is 9.19. The van der Waals surface area contributed by atoms with E-state index >= 15 is 0 Å². The quantitative estimate of drug-likeness (QED) is 0.108. The van der Waals surface area contributed by atoms with Crippen molar-refractivity contribution < 1.29 is 20.4 Å². The van der Waals surface area contributed by atoms with Crippen LogP contribution in [-0.2, 0) is 0 Å². The fourth-order valence-electron chi connectivity index (χ4n) is 9.19. The monoisotopic (exact) mass is 798 g/mol. The third-order valence-corrected chi connectivity index (χ3v) is 12.3. The van der Waals surface area contributed by atoms with Gasteiger partial charge in [-0.05, 0) is 121 Å². The number of rotatable bonds is 9. The van der Waals surface area contributed by atoms with Gasteiger partial charge < -0.3 is 20.4 Å². The van der Waals surface area contributed by atoms with Gasteiger partial charge in [0.2, 0.25) is 0 Å². The van der Waals surface area contributed by atoms with E-state index in [0.29, 0.717) is 33.4 Å². The minimum absolute atomic E-state index is 0.0410. The second-order valence-corrected chi connectivity index (χ2v) is 16.8. The predicted molar refractivity (Wildman–Crippen MR) is 248 cm³/mol. The first-order valence-electron chi connectivity index (χ1n) is 21.3. The molecule has 2 fully saturated rings. The lowest BCUT2D eigenvalue weighted by Gasteiger charge is -2.26. The van der Waals surface area contributed by atoms with Gasteiger partial charge in [-0.1, -0.05) is 86.3 Å². The van der Waals surface area contributed by atoms with Crippen molar-refractivity contribution in [2.75, 3.05) is 0 Å². The Morgan fingerprint density at radius 1 is 0.417 bits per heavy atom. The van der Waals surface area contributed by atoms with Gasteiger partial charge in [-0.2, -0.15) is 0 Å². The summed E-state index contributed by atoms with van der Waals surface area (Å²) in [6, 6.07) is 27.3. The van der Waals surface area contributed by atoms with Crippen LogP contribution in [0.1, 0.15) is 95.9 Å². The number of phenols is 4. The second kappa shape index (κ2) is 17.5. The molecule has 60 heavy (non-hydrogen) atoms. The molecule has 2 aliphatic rings. The lowest BCUT2D eigenvalue weighted by molar-refractivity contribution is 0.390. The van der Waals surface area contributed by atoms with E-state index in [2.05, 4.69) is 0 Å². The van der Waals surface area contributed by atoms with E-state index in [-0.39, 0.29) is 47.2 Å². The van der Waals surface area contributed by atoms with Gasteiger partial charge in [0.25, 0.3) is 0 Å². The first-order chi connectivity index (χ1) is 29.0. The number of aryl methyl sites for hydroxylation is 4. The molecular formula is C52H54N4O4. The van der Waals surface area contributed by atoms with E-state index in [1.807, 2.05) is 113 Å². The van der Waals surface area contributed by atoms with Crippen LogP contribution in [0.3, 0.4) is 0 Å². The molecule has 4 atom stereocenters. The molecule has 0 radical (unpaired) electrons. The van der Waals surface area contributed by atoms with Crippen LogP contribution >= 0.6 is 0 Å². The Labute approximate surface area is 352 Å². The second-order valence-electron chi connectivity index (χ2n) is 16.8. The Morgan fingerprint density at radius 3 is 1.08 bits per heavy atom. The van der Waals surface area contributed by atoms with Crippen LogP contribution in [0.5, 0.6) is 23.0 Å². The SMILES string of the molecule is Cc1cc(C)c(O)c(C=NC2CCCCC2N=Cc2cc3ccccc3c(-c3c(O)c(C=NC4CCCCC4N=Cc4cc(C)cc(C)c4O)cc4ccccc34)c2O)c1. The summed E-state index contributed by atoms with van der Waals surface area (Å²) < 4.78 is 0. The average molecular weight is 799 g/mol. The van der Waals surface area contributed by atoms with E-state index in [9.17, 15) is 20.4 Å². The van der Waals surface area contributed by atoms with E-state index < -0.39 is 0 Å². The molecule has 6 aromatic carbocycles. The maximum Gasteiger partial charge on any atom is 0.132 e. The summed E-state index contributed by atoms with van der Waals surface area (Å²) >= 11 is 0. The zero-order chi connectivity index (χ0) is 41.9. The summed E-state index contributed by atoms with van der Waals surface area (Å²) in [7, 11) is 0. The van der Waals surface area contributed by atoms with Crippen molar-refractivity contribution in [3.63, 3.8) is 0 Å².